The van der Waals surface area contributed by atoms with E-state index in [0.29, 0.717) is 12.2 Å². The zero-order chi connectivity index (χ0) is 14.6. The summed E-state index contributed by atoms with van der Waals surface area (Å²) in [6.45, 7) is 3.80. The molecule has 1 aromatic heterocycles. The molecule has 0 bridgehead atoms. The van der Waals surface area contributed by atoms with Crippen molar-refractivity contribution >= 4 is 11.9 Å². The van der Waals surface area contributed by atoms with Gasteiger partial charge in [-0.1, -0.05) is 0 Å². The normalized spacial score (nSPS) is 22.2. The number of rotatable bonds is 4. The van der Waals surface area contributed by atoms with Gasteiger partial charge in [-0.2, -0.15) is 0 Å². The Balaban J connectivity index is 1.96. The summed E-state index contributed by atoms with van der Waals surface area (Å²) in [6.07, 6.45) is 3.28. The van der Waals surface area contributed by atoms with E-state index in [4.69, 9.17) is 5.11 Å². The molecular weight excluding hydrogens is 258 g/mol. The average molecular weight is 277 g/mol. The van der Waals surface area contributed by atoms with Gasteiger partial charge in [0, 0.05) is 12.7 Å². The monoisotopic (exact) mass is 277 g/mol. The molecule has 20 heavy (non-hydrogen) atoms. The highest BCUT2D eigenvalue weighted by Crippen LogP contribution is 2.25. The van der Waals surface area contributed by atoms with Gasteiger partial charge in [-0.15, -0.1) is 0 Å². The van der Waals surface area contributed by atoms with Gasteiger partial charge < -0.3 is 15.7 Å². The van der Waals surface area contributed by atoms with Crippen molar-refractivity contribution in [2.75, 3.05) is 13.1 Å². The van der Waals surface area contributed by atoms with Crippen molar-refractivity contribution < 1.29 is 14.7 Å². The van der Waals surface area contributed by atoms with Crippen LogP contribution in [0.25, 0.3) is 0 Å². The topological polar surface area (TPSA) is 91.3 Å². The van der Waals surface area contributed by atoms with Crippen molar-refractivity contribution in [3.63, 3.8) is 0 Å². The Morgan fingerprint density at radius 1 is 1.55 bits per heavy atom. The van der Waals surface area contributed by atoms with Gasteiger partial charge in [-0.3, -0.25) is 9.78 Å². The lowest BCUT2D eigenvalue weighted by molar-refractivity contribution is -0.131. The Labute approximate surface area is 117 Å². The molecule has 108 valence electrons. The molecule has 0 radical (unpaired) electrons. The average Bonchev–Trinajstić information content (AvgIpc) is 2.45. The number of hydrogen-bond acceptors (Lipinski definition) is 4. The summed E-state index contributed by atoms with van der Waals surface area (Å²) >= 11 is 0. The van der Waals surface area contributed by atoms with Gasteiger partial charge in [0.1, 0.15) is 0 Å². The minimum Gasteiger partial charge on any atom is -0.478 e. The molecule has 1 aliphatic heterocycles. The van der Waals surface area contributed by atoms with E-state index in [1.165, 1.54) is 18.3 Å². The number of carbonyl (C=O) groups excluding carboxylic acids is 1. The lowest BCUT2D eigenvalue weighted by atomic mass is 9.82. The van der Waals surface area contributed by atoms with E-state index in [0.717, 1.165) is 19.4 Å². The number of nitrogens with one attached hydrogen (secondary N) is 2. The minimum absolute atomic E-state index is 0.0211. The summed E-state index contributed by atoms with van der Waals surface area (Å²) in [4.78, 5) is 27.2. The summed E-state index contributed by atoms with van der Waals surface area (Å²) in [6, 6.07) is 2.91. The van der Waals surface area contributed by atoms with Crippen molar-refractivity contribution in [3.05, 3.63) is 29.6 Å². The predicted octanol–water partition coefficient (Wildman–Crippen LogP) is 0.786. The minimum atomic E-state index is -0.997. The Bertz CT molecular complexity index is 510. The summed E-state index contributed by atoms with van der Waals surface area (Å²) in [7, 11) is 0. The van der Waals surface area contributed by atoms with Crippen LogP contribution >= 0.6 is 0 Å². The maximum absolute atomic E-state index is 12.2. The van der Waals surface area contributed by atoms with E-state index >= 15 is 0 Å². The molecule has 6 nitrogen and oxygen atoms in total. The number of carboxylic acids is 1. The molecule has 3 N–H and O–H groups in total. The molecule has 1 fully saturated rings. The predicted molar refractivity (Wildman–Crippen MR) is 73.3 cm³/mol. The van der Waals surface area contributed by atoms with E-state index in [2.05, 4.69) is 15.6 Å². The number of nitrogens with zero attached hydrogens (tertiary/aromatic N) is 1. The van der Waals surface area contributed by atoms with E-state index < -0.39 is 11.4 Å². The Morgan fingerprint density at radius 2 is 2.35 bits per heavy atom. The fourth-order valence-corrected chi connectivity index (χ4v) is 2.34. The number of aromatic nitrogens is 1. The van der Waals surface area contributed by atoms with Crippen molar-refractivity contribution in [2.45, 2.75) is 26.3 Å². The highest BCUT2D eigenvalue weighted by molar-refractivity contribution is 5.87. The fourth-order valence-electron chi connectivity index (χ4n) is 2.34. The van der Waals surface area contributed by atoms with Crippen LogP contribution in [0.4, 0.5) is 0 Å². The van der Waals surface area contributed by atoms with E-state index in [1.807, 2.05) is 6.92 Å². The molecule has 1 atom stereocenters. The van der Waals surface area contributed by atoms with Crippen molar-refractivity contribution in [2.24, 2.45) is 5.41 Å². The van der Waals surface area contributed by atoms with Crippen LogP contribution in [0.3, 0.4) is 0 Å². The number of carbonyl (C=O) groups is 2. The largest absolute Gasteiger partial charge is 0.478 e. The van der Waals surface area contributed by atoms with E-state index in [9.17, 15) is 9.59 Å². The SMILES string of the molecule is CC1(C(=O)NCc2cc(C(=O)O)ccn2)CCCNC1. The zero-order valence-corrected chi connectivity index (χ0v) is 11.5. The summed E-state index contributed by atoms with van der Waals surface area (Å²) in [5.74, 6) is -1.02. The van der Waals surface area contributed by atoms with Crippen molar-refractivity contribution in [1.82, 2.24) is 15.6 Å². The molecular formula is C14H19N3O3. The molecule has 0 aliphatic carbocycles. The molecule has 1 aliphatic rings. The number of amides is 1. The Kier molecular flexibility index (Phi) is 4.34. The first kappa shape index (κ1) is 14.5. The third-order valence-electron chi connectivity index (χ3n) is 3.64. The summed E-state index contributed by atoms with van der Waals surface area (Å²) in [5.41, 5.74) is 0.322. The summed E-state index contributed by atoms with van der Waals surface area (Å²) in [5, 5.41) is 15.0. The number of carboxylic acid groups (broad SMARTS) is 1. The van der Waals surface area contributed by atoms with Gasteiger partial charge in [-0.05, 0) is 38.4 Å². The first-order chi connectivity index (χ1) is 9.51. The number of piperidine rings is 1. The van der Waals surface area contributed by atoms with Crippen LogP contribution in [0.5, 0.6) is 0 Å². The maximum Gasteiger partial charge on any atom is 0.335 e. The van der Waals surface area contributed by atoms with Crippen LogP contribution in [0.1, 0.15) is 35.8 Å². The molecule has 0 aromatic carbocycles. The molecule has 0 spiro atoms. The highest BCUT2D eigenvalue weighted by atomic mass is 16.4. The quantitative estimate of drug-likeness (QED) is 0.756. The van der Waals surface area contributed by atoms with Crippen LogP contribution < -0.4 is 10.6 Å². The second-order valence-corrected chi connectivity index (χ2v) is 5.36. The first-order valence-corrected chi connectivity index (χ1v) is 6.68. The van der Waals surface area contributed by atoms with Crippen LogP contribution in [-0.4, -0.2) is 35.1 Å². The van der Waals surface area contributed by atoms with Gasteiger partial charge in [-0.25, -0.2) is 4.79 Å². The van der Waals surface area contributed by atoms with Gasteiger partial charge in [0.25, 0.3) is 0 Å². The van der Waals surface area contributed by atoms with E-state index in [-0.39, 0.29) is 18.0 Å². The molecule has 2 heterocycles. The van der Waals surface area contributed by atoms with Gasteiger partial charge in [0.15, 0.2) is 0 Å². The maximum atomic E-state index is 12.2. The van der Waals surface area contributed by atoms with Gasteiger partial charge >= 0.3 is 5.97 Å². The molecule has 1 unspecified atom stereocenters. The van der Waals surface area contributed by atoms with Crippen molar-refractivity contribution in [1.29, 1.82) is 0 Å². The highest BCUT2D eigenvalue weighted by Gasteiger charge is 2.34. The molecule has 1 aromatic rings. The van der Waals surface area contributed by atoms with Crippen LogP contribution in [-0.2, 0) is 11.3 Å². The molecule has 6 heteroatoms. The summed E-state index contributed by atoms with van der Waals surface area (Å²) < 4.78 is 0. The second kappa shape index (κ2) is 6.00. The Morgan fingerprint density at radius 3 is 3.00 bits per heavy atom. The van der Waals surface area contributed by atoms with Crippen LogP contribution in [0.15, 0.2) is 18.3 Å². The third kappa shape index (κ3) is 3.33. The number of pyridine rings is 1. The van der Waals surface area contributed by atoms with Crippen LogP contribution in [0.2, 0.25) is 0 Å². The number of aromatic carboxylic acids is 1. The first-order valence-electron chi connectivity index (χ1n) is 6.68. The number of hydrogen-bond donors (Lipinski definition) is 3. The van der Waals surface area contributed by atoms with Crippen LogP contribution in [0, 0.1) is 5.41 Å². The lowest BCUT2D eigenvalue weighted by Gasteiger charge is -2.32. The fraction of sp³-hybridized carbons (Fsp3) is 0.500. The van der Waals surface area contributed by atoms with Crippen molar-refractivity contribution in [3.8, 4) is 0 Å². The smallest absolute Gasteiger partial charge is 0.335 e. The van der Waals surface area contributed by atoms with Gasteiger partial charge in [0.2, 0.25) is 5.91 Å². The molecule has 1 amide bonds. The Hall–Kier alpha value is -1.95. The molecule has 2 rings (SSSR count). The van der Waals surface area contributed by atoms with Gasteiger partial charge in [0.05, 0.1) is 23.2 Å². The second-order valence-electron chi connectivity index (χ2n) is 5.36. The molecule has 0 saturated carbocycles. The third-order valence-corrected chi connectivity index (χ3v) is 3.64. The zero-order valence-electron chi connectivity index (χ0n) is 11.5. The molecule has 1 saturated heterocycles. The standard InChI is InChI=1S/C14H19N3O3/c1-14(4-2-5-15-9-14)13(20)17-8-11-7-10(12(18)19)3-6-16-11/h3,6-7,15H,2,4-5,8-9H2,1H3,(H,17,20)(H,18,19). The lowest BCUT2D eigenvalue weighted by Crippen LogP contribution is -2.48. The van der Waals surface area contributed by atoms with E-state index in [1.54, 1.807) is 0 Å².